The van der Waals surface area contributed by atoms with E-state index in [-0.39, 0.29) is 5.75 Å². The molecule has 1 rings (SSSR count). The lowest BCUT2D eigenvalue weighted by Crippen LogP contribution is -1.68. The highest BCUT2D eigenvalue weighted by Gasteiger charge is 2.02. The quantitative estimate of drug-likeness (QED) is 0.515. The lowest BCUT2D eigenvalue weighted by Gasteiger charge is -1.80. The number of aryl methyl sites for hydroxylation is 1. The Morgan fingerprint density at radius 1 is 1.62 bits per heavy atom. The molecular weight excluding hydrogens is 104 g/mol. The van der Waals surface area contributed by atoms with E-state index in [1.54, 1.807) is 19.1 Å². The predicted molar refractivity (Wildman–Crippen MR) is 29.5 cm³/mol. The van der Waals surface area contributed by atoms with Gasteiger partial charge in [0.15, 0.2) is 0 Å². The van der Waals surface area contributed by atoms with Gasteiger partial charge in [0, 0.05) is 6.07 Å². The van der Waals surface area contributed by atoms with Crippen molar-refractivity contribution in [3.05, 3.63) is 24.2 Å². The summed E-state index contributed by atoms with van der Waals surface area (Å²) in [7, 11) is 0. The SMILES string of the molecule is Cc1[o+]cccc1O. The number of aromatic hydroxyl groups is 1. The first-order valence-corrected chi connectivity index (χ1v) is 2.37. The molecule has 0 amide bonds. The van der Waals surface area contributed by atoms with Gasteiger partial charge >= 0.3 is 12.0 Å². The van der Waals surface area contributed by atoms with Crippen LogP contribution in [0.2, 0.25) is 0 Å². The van der Waals surface area contributed by atoms with Crippen LogP contribution in [0.5, 0.6) is 5.75 Å². The molecule has 0 aliphatic carbocycles. The van der Waals surface area contributed by atoms with Crippen LogP contribution < -0.4 is 0 Å². The lowest BCUT2D eigenvalue weighted by atomic mass is 10.4. The van der Waals surface area contributed by atoms with Crippen LogP contribution in [0.25, 0.3) is 0 Å². The van der Waals surface area contributed by atoms with Gasteiger partial charge in [-0.15, -0.1) is 0 Å². The first-order valence-electron chi connectivity index (χ1n) is 2.37. The van der Waals surface area contributed by atoms with Gasteiger partial charge in [0.25, 0.3) is 0 Å². The third-order valence-corrected chi connectivity index (χ3v) is 0.938. The summed E-state index contributed by atoms with van der Waals surface area (Å²) >= 11 is 0. The average molecular weight is 111 g/mol. The molecule has 0 saturated heterocycles. The van der Waals surface area contributed by atoms with Gasteiger partial charge in [-0.05, 0) is 6.07 Å². The van der Waals surface area contributed by atoms with Crippen molar-refractivity contribution in [1.82, 2.24) is 0 Å². The summed E-state index contributed by atoms with van der Waals surface area (Å²) < 4.78 is 4.81. The molecule has 0 spiro atoms. The molecule has 2 nitrogen and oxygen atoms in total. The Labute approximate surface area is 47.4 Å². The van der Waals surface area contributed by atoms with Crippen LogP contribution in [0.15, 0.2) is 22.8 Å². The number of hydrogen-bond donors (Lipinski definition) is 1. The maximum atomic E-state index is 8.83. The zero-order valence-electron chi connectivity index (χ0n) is 4.59. The van der Waals surface area contributed by atoms with Crippen molar-refractivity contribution in [2.75, 3.05) is 0 Å². The molecule has 0 radical (unpaired) electrons. The van der Waals surface area contributed by atoms with Crippen molar-refractivity contribution in [3.8, 4) is 5.75 Å². The highest BCUT2D eigenvalue weighted by molar-refractivity contribution is 5.19. The number of hydrogen-bond acceptors (Lipinski definition) is 1. The van der Waals surface area contributed by atoms with Crippen molar-refractivity contribution in [2.45, 2.75) is 6.92 Å². The molecule has 0 aliphatic heterocycles. The Morgan fingerprint density at radius 3 is 2.75 bits per heavy atom. The first kappa shape index (κ1) is 5.09. The van der Waals surface area contributed by atoms with E-state index in [0.29, 0.717) is 5.76 Å². The smallest absolute Gasteiger partial charge is 0.367 e. The van der Waals surface area contributed by atoms with Gasteiger partial charge in [-0.1, -0.05) is 0 Å². The molecule has 2 heteroatoms. The summed E-state index contributed by atoms with van der Waals surface area (Å²) in [5.41, 5.74) is 0. The van der Waals surface area contributed by atoms with E-state index < -0.39 is 0 Å². The van der Waals surface area contributed by atoms with Crippen LogP contribution in [0.4, 0.5) is 0 Å². The second kappa shape index (κ2) is 1.82. The molecule has 0 aromatic carbocycles. The maximum Gasteiger partial charge on any atom is 0.367 e. The molecule has 0 aliphatic rings. The minimum Gasteiger partial charge on any atom is -0.501 e. The van der Waals surface area contributed by atoms with Crippen LogP contribution in [0.1, 0.15) is 5.76 Å². The summed E-state index contributed by atoms with van der Waals surface area (Å²) in [6.07, 6.45) is 1.52. The Kier molecular flexibility index (Phi) is 1.16. The van der Waals surface area contributed by atoms with E-state index in [1.165, 1.54) is 6.26 Å². The largest absolute Gasteiger partial charge is 0.501 e. The first-order chi connectivity index (χ1) is 3.80. The van der Waals surface area contributed by atoms with E-state index in [9.17, 15) is 0 Å². The van der Waals surface area contributed by atoms with Gasteiger partial charge < -0.3 is 5.11 Å². The average Bonchev–Trinajstić information content (AvgIpc) is 1.77. The van der Waals surface area contributed by atoms with E-state index in [0.717, 1.165) is 0 Å². The van der Waals surface area contributed by atoms with Crippen molar-refractivity contribution in [2.24, 2.45) is 0 Å². The third kappa shape index (κ3) is 0.780. The normalized spacial score (nSPS) is 9.12. The fourth-order valence-corrected chi connectivity index (χ4v) is 0.450. The van der Waals surface area contributed by atoms with E-state index in [2.05, 4.69) is 0 Å². The van der Waals surface area contributed by atoms with Crippen molar-refractivity contribution in [1.29, 1.82) is 0 Å². The molecule has 1 aromatic rings. The Balaban J connectivity index is 3.13. The second-order valence-corrected chi connectivity index (χ2v) is 1.55. The molecule has 1 aromatic heterocycles. The van der Waals surface area contributed by atoms with Gasteiger partial charge in [-0.3, -0.25) is 0 Å². The van der Waals surface area contributed by atoms with Crippen molar-refractivity contribution < 1.29 is 9.52 Å². The molecule has 0 fully saturated rings. The molecule has 0 atom stereocenters. The Morgan fingerprint density at radius 2 is 2.38 bits per heavy atom. The maximum absolute atomic E-state index is 8.83. The van der Waals surface area contributed by atoms with Gasteiger partial charge in [0.05, 0.1) is 6.92 Å². The third-order valence-electron chi connectivity index (χ3n) is 0.938. The molecule has 0 saturated carbocycles. The summed E-state index contributed by atoms with van der Waals surface area (Å²) in [6.45, 7) is 1.70. The summed E-state index contributed by atoms with van der Waals surface area (Å²) in [5, 5.41) is 8.83. The van der Waals surface area contributed by atoms with Crippen LogP contribution in [0.3, 0.4) is 0 Å². The zero-order valence-corrected chi connectivity index (χ0v) is 4.59. The Hall–Kier alpha value is -1.05. The fraction of sp³-hybridized carbons (Fsp3) is 0.167. The van der Waals surface area contributed by atoms with Crippen LogP contribution in [-0.2, 0) is 0 Å². The second-order valence-electron chi connectivity index (χ2n) is 1.55. The standard InChI is InChI=1S/C6H6O2/c1-5-6(7)3-2-4-8-5/h2-4H,1H3/p+1. The van der Waals surface area contributed by atoms with Gasteiger partial charge in [0.2, 0.25) is 5.75 Å². The fourth-order valence-electron chi connectivity index (χ4n) is 0.450. The topological polar surface area (TPSA) is 31.5 Å². The predicted octanol–water partition coefficient (Wildman–Crippen LogP) is 1.57. The van der Waals surface area contributed by atoms with Crippen LogP contribution in [-0.4, -0.2) is 5.11 Å². The monoisotopic (exact) mass is 111 g/mol. The molecule has 8 heavy (non-hydrogen) atoms. The molecule has 42 valence electrons. The van der Waals surface area contributed by atoms with E-state index in [1.807, 2.05) is 0 Å². The lowest BCUT2D eigenvalue weighted by molar-refractivity contribution is 0.416. The van der Waals surface area contributed by atoms with Gasteiger partial charge in [-0.25, -0.2) is 4.42 Å². The van der Waals surface area contributed by atoms with E-state index >= 15 is 0 Å². The highest BCUT2D eigenvalue weighted by atomic mass is 16.3. The molecular formula is C6H7O2+. The van der Waals surface area contributed by atoms with Crippen molar-refractivity contribution in [3.63, 3.8) is 0 Å². The van der Waals surface area contributed by atoms with Gasteiger partial charge in [-0.2, -0.15) is 0 Å². The molecule has 1 N–H and O–H groups in total. The molecule has 0 bridgehead atoms. The minimum atomic E-state index is 0.201. The highest BCUT2D eigenvalue weighted by Crippen LogP contribution is 2.12. The summed E-state index contributed by atoms with van der Waals surface area (Å²) in [6, 6.07) is 3.22. The summed E-state index contributed by atoms with van der Waals surface area (Å²) in [5.74, 6) is 0.750. The van der Waals surface area contributed by atoms with Gasteiger partial charge in [0.1, 0.15) is 0 Å². The summed E-state index contributed by atoms with van der Waals surface area (Å²) in [4.78, 5) is 0. The van der Waals surface area contributed by atoms with E-state index in [4.69, 9.17) is 9.52 Å². The number of rotatable bonds is 0. The zero-order chi connectivity index (χ0) is 5.98. The van der Waals surface area contributed by atoms with Crippen LogP contribution >= 0.6 is 0 Å². The van der Waals surface area contributed by atoms with Crippen molar-refractivity contribution >= 4 is 0 Å². The Bertz CT molecular complexity index is 163. The minimum absolute atomic E-state index is 0.201. The molecule has 0 unspecified atom stereocenters. The van der Waals surface area contributed by atoms with Crippen LogP contribution in [0, 0.1) is 6.92 Å². The molecule has 1 heterocycles.